The van der Waals surface area contributed by atoms with Gasteiger partial charge in [0.1, 0.15) is 0 Å². The zero-order valence-electron chi connectivity index (χ0n) is 13.1. The molecule has 1 aromatic carbocycles. The Bertz CT molecular complexity index is 736. The molecule has 1 atom stereocenters. The van der Waals surface area contributed by atoms with Crippen LogP contribution in [0.1, 0.15) is 12.0 Å². The topological polar surface area (TPSA) is 62.3 Å². The van der Waals surface area contributed by atoms with Crippen molar-refractivity contribution in [2.75, 3.05) is 18.0 Å². The van der Waals surface area contributed by atoms with E-state index in [1.807, 2.05) is 36.4 Å². The number of hydrogen-bond donors (Lipinski definition) is 1. The van der Waals surface area contributed by atoms with Crippen LogP contribution in [-0.4, -0.2) is 29.9 Å². The van der Waals surface area contributed by atoms with Crippen LogP contribution in [-0.2, 0) is 16.0 Å². The number of amides is 2. The summed E-state index contributed by atoms with van der Waals surface area (Å²) in [5.74, 6) is -0.394. The Labute approximate surface area is 149 Å². The molecule has 3 rings (SSSR count). The predicted molar refractivity (Wildman–Crippen MR) is 95.6 cm³/mol. The highest BCUT2D eigenvalue weighted by atomic mass is 79.9. The third-order valence-electron chi connectivity index (χ3n) is 4.07. The van der Waals surface area contributed by atoms with Crippen molar-refractivity contribution in [3.05, 3.63) is 58.8 Å². The number of nitrogens with zero attached hydrogens (tertiary/aromatic N) is 2. The SMILES string of the molecule is O=C(NCCc1cccnc1)C1CC(=O)N(c2ccccc2Br)C1. The van der Waals surface area contributed by atoms with Crippen molar-refractivity contribution in [2.24, 2.45) is 5.92 Å². The summed E-state index contributed by atoms with van der Waals surface area (Å²) >= 11 is 3.46. The van der Waals surface area contributed by atoms with E-state index in [1.54, 1.807) is 17.3 Å². The summed E-state index contributed by atoms with van der Waals surface area (Å²) in [7, 11) is 0. The van der Waals surface area contributed by atoms with Crippen molar-refractivity contribution in [2.45, 2.75) is 12.8 Å². The molecule has 6 heteroatoms. The Morgan fingerprint density at radius 3 is 2.88 bits per heavy atom. The monoisotopic (exact) mass is 387 g/mol. The molecule has 0 bridgehead atoms. The molecular weight excluding hydrogens is 370 g/mol. The Morgan fingerprint density at radius 2 is 2.12 bits per heavy atom. The molecule has 1 aliphatic heterocycles. The van der Waals surface area contributed by atoms with Gasteiger partial charge in [-0.2, -0.15) is 0 Å². The van der Waals surface area contributed by atoms with Crippen LogP contribution in [0, 0.1) is 5.92 Å². The van der Waals surface area contributed by atoms with Gasteiger partial charge in [0.25, 0.3) is 0 Å². The van der Waals surface area contributed by atoms with Crippen LogP contribution < -0.4 is 10.2 Å². The highest BCUT2D eigenvalue weighted by Gasteiger charge is 2.35. The molecule has 1 N–H and O–H groups in total. The Hall–Kier alpha value is -2.21. The quantitative estimate of drug-likeness (QED) is 0.857. The molecule has 1 aliphatic rings. The lowest BCUT2D eigenvalue weighted by molar-refractivity contribution is -0.126. The van der Waals surface area contributed by atoms with E-state index >= 15 is 0 Å². The van der Waals surface area contributed by atoms with E-state index in [-0.39, 0.29) is 24.2 Å². The highest BCUT2D eigenvalue weighted by Crippen LogP contribution is 2.31. The number of hydrogen-bond acceptors (Lipinski definition) is 3. The van der Waals surface area contributed by atoms with Crippen LogP contribution in [0.2, 0.25) is 0 Å². The first-order valence-corrected chi connectivity index (χ1v) is 8.66. The fraction of sp³-hybridized carbons (Fsp3) is 0.278. The summed E-state index contributed by atoms with van der Waals surface area (Å²) < 4.78 is 0.857. The number of halogens is 1. The van der Waals surface area contributed by atoms with E-state index < -0.39 is 0 Å². The molecule has 1 unspecified atom stereocenters. The predicted octanol–water partition coefficient (Wildman–Crippen LogP) is 2.56. The number of aromatic nitrogens is 1. The summed E-state index contributed by atoms with van der Waals surface area (Å²) in [5.41, 5.74) is 1.89. The van der Waals surface area contributed by atoms with Crippen molar-refractivity contribution in [1.29, 1.82) is 0 Å². The van der Waals surface area contributed by atoms with Gasteiger partial charge in [-0.3, -0.25) is 14.6 Å². The Balaban J connectivity index is 1.55. The molecule has 0 aliphatic carbocycles. The largest absolute Gasteiger partial charge is 0.355 e. The van der Waals surface area contributed by atoms with Gasteiger partial charge in [-0.1, -0.05) is 18.2 Å². The van der Waals surface area contributed by atoms with Crippen LogP contribution in [0.5, 0.6) is 0 Å². The minimum atomic E-state index is -0.307. The van der Waals surface area contributed by atoms with Crippen LogP contribution >= 0.6 is 15.9 Å². The summed E-state index contributed by atoms with van der Waals surface area (Å²) in [6.45, 7) is 0.963. The minimum absolute atomic E-state index is 0.0192. The molecule has 1 saturated heterocycles. The molecule has 0 spiro atoms. The van der Waals surface area contributed by atoms with Crippen molar-refractivity contribution in [3.8, 4) is 0 Å². The molecule has 5 nitrogen and oxygen atoms in total. The normalized spacial score (nSPS) is 17.1. The van der Waals surface area contributed by atoms with Gasteiger partial charge in [-0.25, -0.2) is 0 Å². The number of carbonyl (C=O) groups is 2. The average Bonchev–Trinajstić information content (AvgIpc) is 2.98. The van der Waals surface area contributed by atoms with E-state index in [0.717, 1.165) is 22.1 Å². The maximum Gasteiger partial charge on any atom is 0.227 e. The van der Waals surface area contributed by atoms with E-state index in [9.17, 15) is 9.59 Å². The minimum Gasteiger partial charge on any atom is -0.355 e. The molecule has 2 aromatic rings. The zero-order chi connectivity index (χ0) is 16.9. The van der Waals surface area contributed by atoms with Gasteiger partial charge in [-0.05, 0) is 46.1 Å². The fourth-order valence-electron chi connectivity index (χ4n) is 2.81. The van der Waals surface area contributed by atoms with E-state index in [4.69, 9.17) is 0 Å². The van der Waals surface area contributed by atoms with Crippen LogP contribution in [0.3, 0.4) is 0 Å². The Kier molecular flexibility index (Phi) is 5.25. The first-order chi connectivity index (χ1) is 11.6. The fourth-order valence-corrected chi connectivity index (χ4v) is 3.31. The molecule has 1 aromatic heterocycles. The lowest BCUT2D eigenvalue weighted by atomic mass is 10.1. The maximum atomic E-state index is 12.3. The Morgan fingerprint density at radius 1 is 1.29 bits per heavy atom. The summed E-state index contributed by atoms with van der Waals surface area (Å²) in [6.07, 6.45) is 4.50. The molecule has 24 heavy (non-hydrogen) atoms. The molecular formula is C18H18BrN3O2. The van der Waals surface area contributed by atoms with Crippen molar-refractivity contribution < 1.29 is 9.59 Å². The van der Waals surface area contributed by atoms with E-state index in [0.29, 0.717) is 13.1 Å². The van der Waals surface area contributed by atoms with Crippen LogP contribution in [0.25, 0.3) is 0 Å². The molecule has 0 saturated carbocycles. The molecule has 1 fully saturated rings. The van der Waals surface area contributed by atoms with E-state index in [1.165, 1.54) is 0 Å². The van der Waals surface area contributed by atoms with Gasteiger partial charge < -0.3 is 10.2 Å². The second kappa shape index (κ2) is 7.57. The van der Waals surface area contributed by atoms with Gasteiger partial charge in [-0.15, -0.1) is 0 Å². The average molecular weight is 388 g/mol. The van der Waals surface area contributed by atoms with E-state index in [2.05, 4.69) is 26.2 Å². The van der Waals surface area contributed by atoms with Crippen molar-refractivity contribution >= 4 is 33.4 Å². The van der Waals surface area contributed by atoms with Crippen molar-refractivity contribution in [1.82, 2.24) is 10.3 Å². The second-order valence-electron chi connectivity index (χ2n) is 5.76. The summed E-state index contributed by atoms with van der Waals surface area (Å²) in [6, 6.07) is 11.4. The first-order valence-electron chi connectivity index (χ1n) is 7.86. The van der Waals surface area contributed by atoms with Crippen molar-refractivity contribution in [3.63, 3.8) is 0 Å². The van der Waals surface area contributed by atoms with Crippen LogP contribution in [0.4, 0.5) is 5.69 Å². The van der Waals surface area contributed by atoms with Gasteiger partial charge >= 0.3 is 0 Å². The molecule has 0 radical (unpaired) electrons. The lowest BCUT2D eigenvalue weighted by Crippen LogP contribution is -2.34. The smallest absolute Gasteiger partial charge is 0.227 e. The zero-order valence-corrected chi connectivity index (χ0v) is 14.7. The number of carbonyl (C=O) groups excluding carboxylic acids is 2. The third-order valence-corrected chi connectivity index (χ3v) is 4.75. The molecule has 2 heterocycles. The number of benzene rings is 1. The standard InChI is InChI=1S/C18H18BrN3O2/c19-15-5-1-2-6-16(15)22-12-14(10-17(22)23)18(24)21-9-7-13-4-3-8-20-11-13/h1-6,8,11,14H,7,9-10,12H2,(H,21,24). The van der Waals surface area contributed by atoms with Gasteiger partial charge in [0, 0.05) is 36.4 Å². The van der Waals surface area contributed by atoms with Gasteiger partial charge in [0.15, 0.2) is 0 Å². The maximum absolute atomic E-state index is 12.3. The number of para-hydroxylation sites is 1. The molecule has 124 valence electrons. The summed E-state index contributed by atoms with van der Waals surface area (Å²) in [4.78, 5) is 30.3. The number of nitrogens with one attached hydrogen (secondary N) is 1. The van der Waals surface area contributed by atoms with Crippen LogP contribution in [0.15, 0.2) is 53.3 Å². The second-order valence-corrected chi connectivity index (χ2v) is 6.61. The number of rotatable bonds is 5. The number of anilines is 1. The molecule has 2 amide bonds. The summed E-state index contributed by atoms with van der Waals surface area (Å²) in [5, 5.41) is 2.92. The van der Waals surface area contributed by atoms with Gasteiger partial charge in [0.05, 0.1) is 11.6 Å². The third kappa shape index (κ3) is 3.82. The first kappa shape index (κ1) is 16.6. The number of pyridine rings is 1. The lowest BCUT2D eigenvalue weighted by Gasteiger charge is -2.18. The highest BCUT2D eigenvalue weighted by molar-refractivity contribution is 9.10. The van der Waals surface area contributed by atoms with Gasteiger partial charge in [0.2, 0.25) is 11.8 Å².